The zero-order chi connectivity index (χ0) is 15.0. The van der Waals surface area contributed by atoms with Crippen LogP contribution in [0, 0.1) is 0 Å². The molecule has 0 bridgehead atoms. The third-order valence-corrected chi connectivity index (χ3v) is 4.23. The lowest BCUT2D eigenvalue weighted by Crippen LogP contribution is -2.01. The molecular formula is C15H15NO4S. The van der Waals surface area contributed by atoms with Crippen molar-refractivity contribution >= 4 is 38.5 Å². The molecule has 0 N–H and O–H groups in total. The van der Waals surface area contributed by atoms with Gasteiger partial charge in [-0.1, -0.05) is 6.92 Å². The summed E-state index contributed by atoms with van der Waals surface area (Å²) in [6.07, 6.45) is 0.703. The predicted molar refractivity (Wildman–Crippen MR) is 81.3 cm³/mol. The third kappa shape index (κ3) is 2.25. The highest BCUT2D eigenvalue weighted by Gasteiger charge is 2.19. The number of nitrogens with zero attached hydrogens (tertiary/aromatic N) is 1. The van der Waals surface area contributed by atoms with Gasteiger partial charge in [-0.2, -0.15) is 0 Å². The maximum Gasteiger partial charge on any atom is 0.348 e. The average molecular weight is 305 g/mol. The molecule has 5 nitrogen and oxygen atoms in total. The maximum absolute atomic E-state index is 11.9. The first-order valence-electron chi connectivity index (χ1n) is 6.75. The summed E-state index contributed by atoms with van der Waals surface area (Å²) in [5.41, 5.74) is 1.35. The summed E-state index contributed by atoms with van der Waals surface area (Å²) in [6.45, 7) is 4.12. The Balaban J connectivity index is 2.26. The van der Waals surface area contributed by atoms with Crippen molar-refractivity contribution in [3.63, 3.8) is 0 Å². The SMILES string of the molecule is CCOC(=O)c1cc2c(cc(OC)c3oc(CC)nc32)s1. The van der Waals surface area contributed by atoms with E-state index >= 15 is 0 Å². The summed E-state index contributed by atoms with van der Waals surface area (Å²) in [5, 5.41) is 0.891. The number of thiophene rings is 1. The summed E-state index contributed by atoms with van der Waals surface area (Å²) in [4.78, 5) is 16.9. The van der Waals surface area contributed by atoms with Gasteiger partial charge in [0.1, 0.15) is 10.4 Å². The van der Waals surface area contributed by atoms with Crippen LogP contribution in [-0.2, 0) is 11.2 Å². The Hall–Kier alpha value is -2.08. The Kier molecular flexibility index (Phi) is 3.55. The van der Waals surface area contributed by atoms with Gasteiger partial charge >= 0.3 is 5.97 Å². The fourth-order valence-electron chi connectivity index (χ4n) is 2.20. The van der Waals surface area contributed by atoms with E-state index in [0.717, 1.165) is 15.6 Å². The molecule has 1 aromatic carbocycles. The van der Waals surface area contributed by atoms with Crippen LogP contribution in [-0.4, -0.2) is 24.7 Å². The minimum absolute atomic E-state index is 0.315. The molecule has 2 aromatic heterocycles. The van der Waals surface area contributed by atoms with Crippen LogP contribution >= 0.6 is 11.3 Å². The zero-order valence-corrected chi connectivity index (χ0v) is 12.9. The first kappa shape index (κ1) is 13.9. The number of hydrogen-bond acceptors (Lipinski definition) is 6. The Labute approximate surface area is 125 Å². The minimum Gasteiger partial charge on any atom is -0.493 e. The summed E-state index contributed by atoms with van der Waals surface area (Å²) in [7, 11) is 1.59. The van der Waals surface area contributed by atoms with Gasteiger partial charge in [-0.25, -0.2) is 9.78 Å². The number of ether oxygens (including phenoxy) is 2. The van der Waals surface area contributed by atoms with Crippen LogP contribution in [0.4, 0.5) is 0 Å². The number of methoxy groups -OCH3 is 1. The number of benzene rings is 1. The number of aryl methyl sites for hydroxylation is 1. The van der Waals surface area contributed by atoms with Crippen molar-refractivity contribution in [1.29, 1.82) is 0 Å². The molecule has 0 atom stereocenters. The van der Waals surface area contributed by atoms with Gasteiger partial charge in [0.25, 0.3) is 0 Å². The molecule has 0 amide bonds. The van der Waals surface area contributed by atoms with Crippen LogP contribution in [0.1, 0.15) is 29.4 Å². The van der Waals surface area contributed by atoms with Crippen LogP contribution in [0.25, 0.3) is 21.2 Å². The van der Waals surface area contributed by atoms with Gasteiger partial charge in [-0.15, -0.1) is 11.3 Å². The highest BCUT2D eigenvalue weighted by atomic mass is 32.1. The number of carbonyl (C=O) groups is 1. The van der Waals surface area contributed by atoms with Crippen molar-refractivity contribution in [3.05, 3.63) is 22.9 Å². The van der Waals surface area contributed by atoms with E-state index in [9.17, 15) is 4.79 Å². The largest absolute Gasteiger partial charge is 0.493 e. The van der Waals surface area contributed by atoms with E-state index in [-0.39, 0.29) is 5.97 Å². The summed E-state index contributed by atoms with van der Waals surface area (Å²) in [5.74, 6) is 0.965. The highest BCUT2D eigenvalue weighted by molar-refractivity contribution is 7.20. The normalized spacial score (nSPS) is 11.2. The smallest absolute Gasteiger partial charge is 0.348 e. The fraction of sp³-hybridized carbons (Fsp3) is 0.333. The van der Waals surface area contributed by atoms with Crippen LogP contribution < -0.4 is 4.74 Å². The molecule has 3 rings (SSSR count). The molecule has 0 spiro atoms. The number of hydrogen-bond donors (Lipinski definition) is 0. The first-order valence-corrected chi connectivity index (χ1v) is 7.56. The van der Waals surface area contributed by atoms with Crippen molar-refractivity contribution in [2.45, 2.75) is 20.3 Å². The van der Waals surface area contributed by atoms with E-state index < -0.39 is 0 Å². The number of oxazole rings is 1. The van der Waals surface area contributed by atoms with Gasteiger partial charge in [0.2, 0.25) is 0 Å². The topological polar surface area (TPSA) is 61.6 Å². The Bertz CT molecular complexity index is 818. The fourth-order valence-corrected chi connectivity index (χ4v) is 3.19. The van der Waals surface area contributed by atoms with Crippen molar-refractivity contribution in [2.24, 2.45) is 0 Å². The summed E-state index contributed by atoms with van der Waals surface area (Å²) >= 11 is 1.37. The van der Waals surface area contributed by atoms with Crippen molar-refractivity contribution < 1.29 is 18.7 Å². The van der Waals surface area contributed by atoms with E-state index in [2.05, 4.69) is 4.98 Å². The summed E-state index contributed by atoms with van der Waals surface area (Å²) in [6, 6.07) is 3.68. The van der Waals surface area contributed by atoms with E-state index in [1.807, 2.05) is 19.1 Å². The Morgan fingerprint density at radius 1 is 1.38 bits per heavy atom. The lowest BCUT2D eigenvalue weighted by molar-refractivity contribution is 0.0532. The van der Waals surface area contributed by atoms with Crippen molar-refractivity contribution in [3.8, 4) is 5.75 Å². The van der Waals surface area contributed by atoms with Crippen LogP contribution in [0.2, 0.25) is 0 Å². The zero-order valence-electron chi connectivity index (χ0n) is 12.1. The molecule has 2 heterocycles. The van der Waals surface area contributed by atoms with Gasteiger partial charge in [0.05, 0.1) is 13.7 Å². The molecule has 3 aromatic rings. The molecule has 0 aliphatic rings. The van der Waals surface area contributed by atoms with Crippen LogP contribution in [0.5, 0.6) is 5.75 Å². The Morgan fingerprint density at radius 3 is 2.86 bits per heavy atom. The van der Waals surface area contributed by atoms with Gasteiger partial charge in [-0.3, -0.25) is 0 Å². The Morgan fingerprint density at radius 2 is 2.19 bits per heavy atom. The lowest BCUT2D eigenvalue weighted by Gasteiger charge is -1.99. The molecule has 0 fully saturated rings. The predicted octanol–water partition coefficient (Wildman–Crippen LogP) is 3.79. The van der Waals surface area contributed by atoms with E-state index in [0.29, 0.717) is 35.1 Å². The quantitative estimate of drug-likeness (QED) is 0.686. The van der Waals surface area contributed by atoms with Crippen molar-refractivity contribution in [2.75, 3.05) is 13.7 Å². The van der Waals surface area contributed by atoms with Gasteiger partial charge in [-0.05, 0) is 13.0 Å². The third-order valence-electron chi connectivity index (χ3n) is 3.17. The van der Waals surface area contributed by atoms with E-state index in [1.165, 1.54) is 11.3 Å². The molecule has 0 aliphatic carbocycles. The van der Waals surface area contributed by atoms with Gasteiger partial charge < -0.3 is 13.9 Å². The minimum atomic E-state index is -0.315. The molecule has 21 heavy (non-hydrogen) atoms. The maximum atomic E-state index is 11.9. The van der Waals surface area contributed by atoms with E-state index in [1.54, 1.807) is 14.0 Å². The number of esters is 1. The van der Waals surface area contributed by atoms with Gasteiger partial charge in [0, 0.05) is 22.6 Å². The second kappa shape index (κ2) is 5.37. The van der Waals surface area contributed by atoms with E-state index in [4.69, 9.17) is 13.9 Å². The number of rotatable bonds is 4. The standard InChI is InChI=1S/C15H15NO4S/c1-4-12-16-13-8-6-11(15(17)19-5-2)21-10(8)7-9(18-3)14(13)20-12/h6-7H,4-5H2,1-3H3. The molecular weight excluding hydrogens is 290 g/mol. The van der Waals surface area contributed by atoms with Gasteiger partial charge in [0.15, 0.2) is 17.2 Å². The first-order chi connectivity index (χ1) is 10.2. The number of fused-ring (bicyclic) bond motifs is 3. The highest BCUT2D eigenvalue weighted by Crippen LogP contribution is 2.38. The summed E-state index contributed by atoms with van der Waals surface area (Å²) < 4.78 is 17.1. The van der Waals surface area contributed by atoms with Crippen LogP contribution in [0.15, 0.2) is 16.5 Å². The average Bonchev–Trinajstić information content (AvgIpc) is 3.09. The molecule has 0 saturated carbocycles. The lowest BCUT2D eigenvalue weighted by atomic mass is 10.2. The molecule has 0 aliphatic heterocycles. The second-order valence-electron chi connectivity index (χ2n) is 4.46. The second-order valence-corrected chi connectivity index (χ2v) is 5.54. The monoisotopic (exact) mass is 305 g/mol. The van der Waals surface area contributed by atoms with Crippen molar-refractivity contribution in [1.82, 2.24) is 4.98 Å². The van der Waals surface area contributed by atoms with Crippen LogP contribution in [0.3, 0.4) is 0 Å². The molecule has 6 heteroatoms. The number of aromatic nitrogens is 1. The molecule has 0 unspecified atom stereocenters. The number of carbonyl (C=O) groups excluding carboxylic acids is 1. The molecule has 110 valence electrons. The molecule has 0 saturated heterocycles. The molecule has 0 radical (unpaired) electrons.